The van der Waals surface area contributed by atoms with Gasteiger partial charge < -0.3 is 10.1 Å². The van der Waals surface area contributed by atoms with Crippen LogP contribution < -0.4 is 5.56 Å². The third-order valence-electron chi connectivity index (χ3n) is 2.18. The summed E-state index contributed by atoms with van der Waals surface area (Å²) in [5.74, 6) is -1.10. The number of nitrogens with zero attached hydrogens (tertiary/aromatic N) is 1. The van der Waals surface area contributed by atoms with E-state index in [0.29, 0.717) is 10.9 Å². The lowest BCUT2D eigenvalue weighted by Gasteiger charge is -2.04. The van der Waals surface area contributed by atoms with Crippen molar-refractivity contribution in [2.75, 3.05) is 0 Å². The van der Waals surface area contributed by atoms with Crippen LogP contribution in [-0.2, 0) is 11.3 Å². The summed E-state index contributed by atoms with van der Waals surface area (Å²) in [6.07, 6.45) is 0. The second-order valence-corrected chi connectivity index (χ2v) is 3.65. The zero-order valence-corrected chi connectivity index (χ0v) is 8.95. The Balaban J connectivity index is 2.81. The van der Waals surface area contributed by atoms with Gasteiger partial charge in [-0.2, -0.15) is 0 Å². The van der Waals surface area contributed by atoms with Crippen molar-refractivity contribution in [1.29, 1.82) is 0 Å². The van der Waals surface area contributed by atoms with E-state index in [1.54, 1.807) is 24.3 Å². The summed E-state index contributed by atoms with van der Waals surface area (Å²) in [6, 6.07) is 6.83. The van der Waals surface area contributed by atoms with E-state index in [4.69, 9.17) is 17.3 Å². The van der Waals surface area contributed by atoms with Crippen LogP contribution in [0.25, 0.3) is 10.9 Å². The van der Waals surface area contributed by atoms with Gasteiger partial charge in [-0.1, -0.05) is 12.1 Å². The van der Waals surface area contributed by atoms with Crippen LogP contribution in [0.3, 0.4) is 0 Å². The normalized spacial score (nSPS) is 10.5. The molecule has 0 amide bonds. The van der Waals surface area contributed by atoms with Crippen LogP contribution in [0.1, 0.15) is 0 Å². The number of aromatic amines is 1. The molecule has 0 spiro atoms. The minimum atomic E-state index is -1.10. The molecule has 6 heteroatoms. The molecule has 2 rings (SSSR count). The number of para-hydroxylation sites is 1. The minimum absolute atomic E-state index is 0.117. The molecule has 16 heavy (non-hydrogen) atoms. The van der Waals surface area contributed by atoms with Gasteiger partial charge in [0.15, 0.2) is 4.77 Å². The first-order chi connectivity index (χ1) is 7.59. The quantitative estimate of drug-likeness (QED) is 0.767. The molecular weight excluding hydrogens is 228 g/mol. The largest absolute Gasteiger partial charge is 0.480 e. The maximum absolute atomic E-state index is 11.9. The van der Waals surface area contributed by atoms with Crippen LogP contribution in [-0.4, -0.2) is 20.6 Å². The third kappa shape index (κ3) is 1.74. The van der Waals surface area contributed by atoms with Crippen molar-refractivity contribution in [1.82, 2.24) is 9.55 Å². The number of rotatable bonds is 2. The maximum atomic E-state index is 11.9. The molecule has 0 aliphatic carbocycles. The predicted octanol–water partition coefficient (Wildman–Crippen LogP) is 1.14. The summed E-state index contributed by atoms with van der Waals surface area (Å²) in [7, 11) is 0. The first-order valence-corrected chi connectivity index (χ1v) is 4.94. The lowest BCUT2D eigenvalue weighted by atomic mass is 10.2. The summed E-state index contributed by atoms with van der Waals surface area (Å²) in [5, 5.41) is 9.10. The smallest absolute Gasteiger partial charge is 0.323 e. The van der Waals surface area contributed by atoms with E-state index in [-0.39, 0.29) is 10.3 Å². The molecule has 5 nitrogen and oxygen atoms in total. The summed E-state index contributed by atoms with van der Waals surface area (Å²) in [6.45, 7) is -0.432. The zero-order valence-electron chi connectivity index (χ0n) is 8.14. The van der Waals surface area contributed by atoms with Crippen molar-refractivity contribution < 1.29 is 9.90 Å². The van der Waals surface area contributed by atoms with Crippen molar-refractivity contribution in [2.24, 2.45) is 0 Å². The second kappa shape index (κ2) is 3.90. The van der Waals surface area contributed by atoms with Gasteiger partial charge >= 0.3 is 5.97 Å². The monoisotopic (exact) mass is 236 g/mol. The average Bonchev–Trinajstić information content (AvgIpc) is 2.24. The molecule has 2 aromatic rings. The van der Waals surface area contributed by atoms with Gasteiger partial charge in [0.1, 0.15) is 6.54 Å². The molecule has 0 atom stereocenters. The Labute approximate surface area is 95.0 Å². The van der Waals surface area contributed by atoms with Gasteiger partial charge in [-0.05, 0) is 24.4 Å². The van der Waals surface area contributed by atoms with Crippen molar-refractivity contribution in [3.05, 3.63) is 39.4 Å². The molecule has 0 saturated carbocycles. The predicted molar refractivity (Wildman–Crippen MR) is 61.0 cm³/mol. The van der Waals surface area contributed by atoms with Gasteiger partial charge in [-0.25, -0.2) is 0 Å². The van der Waals surface area contributed by atoms with E-state index >= 15 is 0 Å². The third-order valence-corrected chi connectivity index (χ3v) is 2.51. The van der Waals surface area contributed by atoms with E-state index in [2.05, 4.69) is 4.98 Å². The van der Waals surface area contributed by atoms with E-state index in [9.17, 15) is 9.59 Å². The van der Waals surface area contributed by atoms with Crippen LogP contribution in [0.15, 0.2) is 29.1 Å². The van der Waals surface area contributed by atoms with Gasteiger partial charge in [0.25, 0.3) is 5.56 Å². The number of aromatic nitrogens is 2. The molecule has 1 aromatic carbocycles. The highest BCUT2D eigenvalue weighted by atomic mass is 32.1. The number of fused-ring (bicyclic) bond motifs is 1. The van der Waals surface area contributed by atoms with Crippen LogP contribution in [0.2, 0.25) is 0 Å². The standard InChI is InChI=1S/C10H8N2O3S/c13-8(14)5-12-9(15)6-3-1-2-4-7(6)11-10(12)16/h1-4H,5H2,(H,11,16)(H,13,14). The Hall–Kier alpha value is -1.95. The van der Waals surface area contributed by atoms with Crippen molar-refractivity contribution >= 4 is 29.1 Å². The minimum Gasteiger partial charge on any atom is -0.480 e. The van der Waals surface area contributed by atoms with Crippen LogP contribution in [0, 0.1) is 4.77 Å². The molecule has 82 valence electrons. The lowest BCUT2D eigenvalue weighted by molar-refractivity contribution is -0.137. The highest BCUT2D eigenvalue weighted by molar-refractivity contribution is 7.71. The van der Waals surface area contributed by atoms with Crippen LogP contribution >= 0.6 is 12.2 Å². The maximum Gasteiger partial charge on any atom is 0.323 e. The summed E-state index contributed by atoms with van der Waals surface area (Å²) >= 11 is 4.93. The molecule has 2 N–H and O–H groups in total. The Bertz CT molecular complexity index is 672. The molecule has 0 fully saturated rings. The fourth-order valence-corrected chi connectivity index (χ4v) is 1.74. The van der Waals surface area contributed by atoms with E-state index in [1.165, 1.54) is 0 Å². The number of nitrogens with one attached hydrogen (secondary N) is 1. The first kappa shape index (κ1) is 10.6. The number of aliphatic carboxylic acids is 1. The van der Waals surface area contributed by atoms with Gasteiger partial charge in [0.2, 0.25) is 0 Å². The Morgan fingerprint density at radius 3 is 2.81 bits per heavy atom. The number of carbonyl (C=O) groups is 1. The Morgan fingerprint density at radius 1 is 1.44 bits per heavy atom. The molecule has 0 saturated heterocycles. The summed E-state index contributed by atoms with van der Waals surface area (Å²) in [4.78, 5) is 25.3. The van der Waals surface area contributed by atoms with Gasteiger partial charge in [0, 0.05) is 0 Å². The van der Waals surface area contributed by atoms with Gasteiger partial charge in [-0.15, -0.1) is 0 Å². The molecule has 1 aromatic heterocycles. The van der Waals surface area contributed by atoms with E-state index in [0.717, 1.165) is 4.57 Å². The molecule has 1 heterocycles. The molecule has 0 radical (unpaired) electrons. The number of carboxylic acid groups (broad SMARTS) is 1. The van der Waals surface area contributed by atoms with Crippen molar-refractivity contribution in [2.45, 2.75) is 6.54 Å². The number of hydrogen-bond acceptors (Lipinski definition) is 3. The number of carboxylic acids is 1. The topological polar surface area (TPSA) is 75.1 Å². The first-order valence-electron chi connectivity index (χ1n) is 4.53. The highest BCUT2D eigenvalue weighted by Crippen LogP contribution is 2.05. The highest BCUT2D eigenvalue weighted by Gasteiger charge is 2.07. The Morgan fingerprint density at radius 2 is 2.12 bits per heavy atom. The van der Waals surface area contributed by atoms with E-state index < -0.39 is 12.5 Å². The fourth-order valence-electron chi connectivity index (χ4n) is 1.48. The average molecular weight is 236 g/mol. The zero-order chi connectivity index (χ0) is 11.7. The second-order valence-electron chi connectivity index (χ2n) is 3.26. The number of benzene rings is 1. The Kier molecular flexibility index (Phi) is 2.57. The summed E-state index contributed by atoms with van der Waals surface area (Å²) < 4.78 is 1.14. The van der Waals surface area contributed by atoms with Crippen LogP contribution in [0.5, 0.6) is 0 Å². The van der Waals surface area contributed by atoms with Crippen molar-refractivity contribution in [3.8, 4) is 0 Å². The van der Waals surface area contributed by atoms with Gasteiger partial charge in [0.05, 0.1) is 10.9 Å². The molecular formula is C10H8N2O3S. The number of hydrogen-bond donors (Lipinski definition) is 2. The number of H-pyrrole nitrogens is 1. The fraction of sp³-hybridized carbons (Fsp3) is 0.100. The van der Waals surface area contributed by atoms with Gasteiger partial charge in [-0.3, -0.25) is 14.2 Å². The SMILES string of the molecule is O=C(O)Cn1c(=S)[nH]c2ccccc2c1=O. The summed E-state index contributed by atoms with van der Waals surface area (Å²) in [5.41, 5.74) is 0.223. The molecule has 0 aliphatic rings. The lowest BCUT2D eigenvalue weighted by Crippen LogP contribution is -2.25. The molecule has 0 unspecified atom stereocenters. The van der Waals surface area contributed by atoms with Crippen molar-refractivity contribution in [3.63, 3.8) is 0 Å². The molecule has 0 aliphatic heterocycles. The van der Waals surface area contributed by atoms with Crippen LogP contribution in [0.4, 0.5) is 0 Å². The van der Waals surface area contributed by atoms with E-state index in [1.807, 2.05) is 0 Å². The molecule has 0 bridgehead atoms.